The van der Waals surface area contributed by atoms with Gasteiger partial charge in [-0.25, -0.2) is 9.59 Å². The van der Waals surface area contributed by atoms with Crippen LogP contribution in [0.1, 0.15) is 22.2 Å². The lowest BCUT2D eigenvalue weighted by molar-refractivity contribution is -0.151. The molecule has 0 spiro atoms. The number of nitrogens with zero attached hydrogens (tertiary/aromatic N) is 1. The maximum absolute atomic E-state index is 12.1. The number of nitrogens with one attached hydrogen (secondary N) is 1. The Hall–Kier alpha value is -2.54. The highest BCUT2D eigenvalue weighted by Gasteiger charge is 2.28. The molecule has 8 heteroatoms. The molecule has 116 valence electrons. The van der Waals surface area contributed by atoms with E-state index in [9.17, 15) is 9.59 Å². The Kier molecular flexibility index (Phi) is 5.00. The van der Waals surface area contributed by atoms with Crippen molar-refractivity contribution in [1.29, 1.82) is 0 Å². The van der Waals surface area contributed by atoms with Crippen molar-refractivity contribution in [3.63, 3.8) is 0 Å². The number of hydrogen-bond acceptors (Lipinski definition) is 6. The summed E-state index contributed by atoms with van der Waals surface area (Å²) in [6, 6.07) is 6.30. The molecule has 0 bridgehead atoms. The predicted octanol–water partition coefficient (Wildman–Crippen LogP) is 2.14. The zero-order valence-corrected chi connectivity index (χ0v) is 12.6. The lowest BCUT2D eigenvalue weighted by Crippen LogP contribution is -2.21. The molecule has 1 heterocycles. The van der Waals surface area contributed by atoms with E-state index in [2.05, 4.69) is 14.9 Å². The van der Waals surface area contributed by atoms with Crippen LogP contribution < -0.4 is 4.74 Å². The molecule has 0 fully saturated rings. The number of methoxy groups -OCH3 is 2. The van der Waals surface area contributed by atoms with Gasteiger partial charge in [0.25, 0.3) is 0 Å². The number of ether oxygens (including phenoxy) is 3. The standard InChI is InChI=1S/C14H13ClN2O5/c1-20-10-7-16-17-11(10)13(18)22-12(14(19)21-2)8-3-5-9(15)6-4-8/h3-7,12H,1-2H3,(H,16,17). The number of aromatic nitrogens is 2. The van der Waals surface area contributed by atoms with E-state index >= 15 is 0 Å². The van der Waals surface area contributed by atoms with Gasteiger partial charge in [0, 0.05) is 10.6 Å². The number of carbonyl (C=O) groups excluding carboxylic acids is 2. The number of H-pyrrole nitrogens is 1. The second kappa shape index (κ2) is 6.95. The Morgan fingerprint density at radius 2 is 1.91 bits per heavy atom. The van der Waals surface area contributed by atoms with Crippen LogP contribution in [0.4, 0.5) is 0 Å². The predicted molar refractivity (Wildman–Crippen MR) is 76.8 cm³/mol. The van der Waals surface area contributed by atoms with Crippen molar-refractivity contribution in [1.82, 2.24) is 10.2 Å². The lowest BCUT2D eigenvalue weighted by Gasteiger charge is -2.15. The van der Waals surface area contributed by atoms with Crippen LogP contribution in [0.3, 0.4) is 0 Å². The maximum Gasteiger partial charge on any atom is 0.361 e. The number of esters is 2. The van der Waals surface area contributed by atoms with Gasteiger partial charge in [-0.2, -0.15) is 5.10 Å². The molecular weight excluding hydrogens is 312 g/mol. The van der Waals surface area contributed by atoms with Crippen LogP contribution in [0, 0.1) is 0 Å². The van der Waals surface area contributed by atoms with Crippen LogP contribution in [-0.2, 0) is 14.3 Å². The molecule has 0 aliphatic carbocycles. The van der Waals surface area contributed by atoms with E-state index in [-0.39, 0.29) is 11.4 Å². The number of benzene rings is 1. The average Bonchev–Trinajstić information content (AvgIpc) is 3.01. The highest BCUT2D eigenvalue weighted by atomic mass is 35.5. The van der Waals surface area contributed by atoms with Crippen LogP contribution in [0.5, 0.6) is 5.75 Å². The number of rotatable bonds is 5. The van der Waals surface area contributed by atoms with Crippen molar-refractivity contribution in [3.8, 4) is 5.75 Å². The summed E-state index contributed by atoms with van der Waals surface area (Å²) in [4.78, 5) is 24.0. The molecule has 2 aromatic rings. The van der Waals surface area contributed by atoms with Crippen molar-refractivity contribution in [3.05, 3.63) is 46.7 Å². The summed E-state index contributed by atoms with van der Waals surface area (Å²) in [5.41, 5.74) is 0.438. The largest absolute Gasteiger partial charge is 0.493 e. The number of aromatic amines is 1. The fourth-order valence-corrected chi connectivity index (χ4v) is 1.86. The summed E-state index contributed by atoms with van der Waals surface area (Å²) in [7, 11) is 2.59. The van der Waals surface area contributed by atoms with Crippen LogP contribution in [0.2, 0.25) is 5.02 Å². The normalized spacial score (nSPS) is 11.6. The molecular formula is C14H13ClN2O5. The van der Waals surface area contributed by atoms with E-state index in [1.807, 2.05) is 0 Å². The minimum atomic E-state index is -1.22. The van der Waals surface area contributed by atoms with Crippen LogP contribution in [0.15, 0.2) is 30.5 Å². The molecule has 0 aliphatic heterocycles. The Balaban J connectivity index is 2.25. The molecule has 7 nitrogen and oxygen atoms in total. The third kappa shape index (κ3) is 3.37. The van der Waals surface area contributed by atoms with E-state index in [1.54, 1.807) is 24.3 Å². The van der Waals surface area contributed by atoms with Crippen LogP contribution >= 0.6 is 11.6 Å². The first kappa shape index (κ1) is 15.8. The molecule has 0 aliphatic rings. The quantitative estimate of drug-likeness (QED) is 0.847. The second-order valence-electron chi connectivity index (χ2n) is 4.17. The van der Waals surface area contributed by atoms with E-state index in [0.717, 1.165) is 0 Å². The first-order valence-electron chi connectivity index (χ1n) is 6.18. The monoisotopic (exact) mass is 324 g/mol. The Labute approximate surface area is 131 Å². The summed E-state index contributed by atoms with van der Waals surface area (Å²) < 4.78 is 14.8. The van der Waals surface area contributed by atoms with Crippen LogP contribution in [-0.4, -0.2) is 36.4 Å². The van der Waals surface area contributed by atoms with Gasteiger partial charge in [0.1, 0.15) is 0 Å². The van der Waals surface area contributed by atoms with E-state index < -0.39 is 18.0 Å². The molecule has 0 radical (unpaired) electrons. The molecule has 1 unspecified atom stereocenters. The second-order valence-corrected chi connectivity index (χ2v) is 4.61. The summed E-state index contributed by atoms with van der Waals surface area (Å²) in [6.07, 6.45) is 0.106. The van der Waals surface area contributed by atoms with Gasteiger partial charge in [-0.1, -0.05) is 23.7 Å². The smallest absolute Gasteiger partial charge is 0.361 e. The first-order chi connectivity index (χ1) is 10.6. The number of carbonyl (C=O) groups is 2. The fourth-order valence-electron chi connectivity index (χ4n) is 1.74. The van der Waals surface area contributed by atoms with Crippen molar-refractivity contribution in [2.75, 3.05) is 14.2 Å². The molecule has 1 atom stereocenters. The number of hydrogen-bond donors (Lipinski definition) is 1. The average molecular weight is 325 g/mol. The number of halogens is 1. The Morgan fingerprint density at radius 3 is 2.50 bits per heavy atom. The molecule has 0 saturated carbocycles. The van der Waals surface area contributed by atoms with Gasteiger partial charge < -0.3 is 14.2 Å². The van der Waals surface area contributed by atoms with Crippen molar-refractivity contribution in [2.24, 2.45) is 0 Å². The summed E-state index contributed by atoms with van der Waals surface area (Å²) in [6.45, 7) is 0. The van der Waals surface area contributed by atoms with Crippen LogP contribution in [0.25, 0.3) is 0 Å². The molecule has 0 amide bonds. The van der Waals surface area contributed by atoms with E-state index in [0.29, 0.717) is 10.6 Å². The topological polar surface area (TPSA) is 90.5 Å². The van der Waals surface area contributed by atoms with Gasteiger partial charge in [-0.3, -0.25) is 5.10 Å². The molecule has 1 aromatic carbocycles. The van der Waals surface area contributed by atoms with Gasteiger partial charge in [0.05, 0.1) is 20.4 Å². The summed E-state index contributed by atoms with van der Waals surface area (Å²) in [5.74, 6) is -1.29. The lowest BCUT2D eigenvalue weighted by atomic mass is 10.1. The third-order valence-electron chi connectivity index (χ3n) is 2.84. The SMILES string of the molecule is COC(=O)C(OC(=O)c1[nH]ncc1OC)c1ccc(Cl)cc1. The fraction of sp³-hybridized carbons (Fsp3) is 0.214. The molecule has 1 aromatic heterocycles. The first-order valence-corrected chi connectivity index (χ1v) is 6.56. The summed E-state index contributed by atoms with van der Waals surface area (Å²) in [5, 5.41) is 6.64. The van der Waals surface area contributed by atoms with Gasteiger partial charge in [-0.05, 0) is 12.1 Å². The highest BCUT2D eigenvalue weighted by Crippen LogP contribution is 2.24. The minimum absolute atomic E-state index is 0.00497. The molecule has 0 saturated heterocycles. The molecule has 22 heavy (non-hydrogen) atoms. The Bertz CT molecular complexity index is 668. The third-order valence-corrected chi connectivity index (χ3v) is 3.09. The molecule has 2 rings (SSSR count). The van der Waals surface area contributed by atoms with E-state index in [1.165, 1.54) is 20.4 Å². The maximum atomic E-state index is 12.1. The van der Waals surface area contributed by atoms with Gasteiger partial charge >= 0.3 is 11.9 Å². The van der Waals surface area contributed by atoms with E-state index in [4.69, 9.17) is 21.1 Å². The minimum Gasteiger partial charge on any atom is -0.493 e. The van der Waals surface area contributed by atoms with Crippen molar-refractivity contribution < 1.29 is 23.8 Å². The van der Waals surface area contributed by atoms with Crippen molar-refractivity contribution >= 4 is 23.5 Å². The zero-order valence-electron chi connectivity index (χ0n) is 11.8. The van der Waals surface area contributed by atoms with Gasteiger partial charge in [0.15, 0.2) is 11.4 Å². The molecule has 1 N–H and O–H groups in total. The van der Waals surface area contributed by atoms with Crippen molar-refractivity contribution in [2.45, 2.75) is 6.10 Å². The van der Waals surface area contributed by atoms with Gasteiger partial charge in [0.2, 0.25) is 6.10 Å². The summed E-state index contributed by atoms with van der Waals surface area (Å²) >= 11 is 5.80. The zero-order chi connectivity index (χ0) is 16.1. The Morgan fingerprint density at radius 1 is 1.23 bits per heavy atom. The van der Waals surface area contributed by atoms with Gasteiger partial charge in [-0.15, -0.1) is 0 Å². The highest BCUT2D eigenvalue weighted by molar-refractivity contribution is 6.30.